The Balaban J connectivity index is 1.15. The minimum absolute atomic E-state index is 0.777. The van der Waals surface area contributed by atoms with Crippen LogP contribution < -0.4 is 0 Å². The Hall–Kier alpha value is -1.40. The van der Waals surface area contributed by atoms with E-state index in [1.54, 1.807) is 0 Å². The third-order valence-electron chi connectivity index (χ3n) is 15.0. The molecule has 79 heavy (non-hydrogen) atoms. The Morgan fingerprint density at radius 2 is 0.519 bits per heavy atom. The summed E-state index contributed by atoms with van der Waals surface area (Å²) in [5.41, 5.74) is 0. The molecule has 35 heteroatoms. The molecular formula is C44H76O35. The third kappa shape index (κ3) is 13.7. The van der Waals surface area contributed by atoms with Gasteiger partial charge < -0.3 is 174 Å². The molecule has 0 bridgehead atoms. The van der Waals surface area contributed by atoms with Crippen LogP contribution in [-0.2, 0) is 66.3 Å². The molecule has 0 aromatic carbocycles. The number of aliphatic hydroxyl groups is 21. The zero-order valence-electron chi connectivity index (χ0n) is 42.3. The molecule has 7 aliphatic heterocycles. The maximum Gasteiger partial charge on any atom is 0.187 e. The van der Waals surface area contributed by atoms with Gasteiger partial charge in [0.15, 0.2) is 37.7 Å². The molecule has 462 valence electrons. The van der Waals surface area contributed by atoms with Crippen molar-refractivity contribution in [3.63, 3.8) is 0 Å². The molecule has 0 saturated carbocycles. The summed E-state index contributed by atoms with van der Waals surface area (Å²) >= 11 is 0. The molecule has 7 fully saturated rings. The molecule has 7 aliphatic rings. The Bertz CT molecular complexity index is 1830. The second kappa shape index (κ2) is 28.2. The van der Waals surface area contributed by atoms with Crippen molar-refractivity contribution < 1.29 is 174 Å². The van der Waals surface area contributed by atoms with E-state index in [0.29, 0.717) is 0 Å². The Labute approximate surface area is 448 Å². The molecular weight excluding hydrogens is 1090 g/mol. The number of aliphatic hydroxyl groups excluding tert-OH is 21. The van der Waals surface area contributed by atoms with Gasteiger partial charge in [0, 0.05) is 7.11 Å². The zero-order chi connectivity index (χ0) is 58.1. The first-order valence-electron chi connectivity index (χ1n) is 25.4. The molecule has 14 unspecified atom stereocenters. The Morgan fingerprint density at radius 3 is 0.848 bits per heavy atom. The maximum atomic E-state index is 11.9. The van der Waals surface area contributed by atoms with Crippen LogP contribution in [0.25, 0.3) is 0 Å². The molecule has 0 amide bonds. The second-order valence-corrected chi connectivity index (χ2v) is 20.2. The minimum atomic E-state index is -2.35. The van der Waals surface area contributed by atoms with Gasteiger partial charge in [-0.25, -0.2) is 0 Å². The van der Waals surface area contributed by atoms with Gasteiger partial charge >= 0.3 is 0 Å². The van der Waals surface area contributed by atoms with Crippen LogP contribution in [0, 0.1) is 0 Å². The third-order valence-corrected chi connectivity index (χ3v) is 15.0. The molecule has 7 saturated heterocycles. The first-order valence-corrected chi connectivity index (χ1v) is 25.4. The molecule has 0 aromatic heterocycles. The fourth-order valence-electron chi connectivity index (χ4n) is 10.2. The van der Waals surface area contributed by atoms with E-state index in [2.05, 4.69) is 0 Å². The fourth-order valence-corrected chi connectivity index (χ4v) is 10.2. The van der Waals surface area contributed by atoms with Gasteiger partial charge in [-0.05, 0) is 6.92 Å². The van der Waals surface area contributed by atoms with E-state index in [1.165, 1.54) is 6.92 Å². The molecule has 0 radical (unpaired) electrons. The van der Waals surface area contributed by atoms with Crippen molar-refractivity contribution in [2.45, 2.75) is 222 Å². The highest BCUT2D eigenvalue weighted by Crippen LogP contribution is 2.37. The highest BCUT2D eigenvalue weighted by Gasteiger charge is 2.58. The van der Waals surface area contributed by atoms with Crippen molar-refractivity contribution in [2.75, 3.05) is 53.4 Å². The summed E-state index contributed by atoms with van der Waals surface area (Å²) < 4.78 is 79.1. The van der Waals surface area contributed by atoms with Crippen molar-refractivity contribution in [1.82, 2.24) is 0 Å². The average molecular weight is 1170 g/mol. The van der Waals surface area contributed by atoms with Crippen LogP contribution in [0.4, 0.5) is 0 Å². The van der Waals surface area contributed by atoms with Crippen molar-refractivity contribution in [3.8, 4) is 0 Å². The molecule has 35 atom stereocenters. The van der Waals surface area contributed by atoms with Gasteiger partial charge in [-0.2, -0.15) is 0 Å². The fraction of sp³-hybridized carbons (Fsp3) is 1.00. The number of rotatable bonds is 20. The van der Waals surface area contributed by atoms with Gasteiger partial charge in [0.25, 0.3) is 0 Å². The van der Waals surface area contributed by atoms with Crippen LogP contribution in [0.15, 0.2) is 0 Å². The van der Waals surface area contributed by atoms with Gasteiger partial charge in [-0.1, -0.05) is 0 Å². The predicted octanol–water partition coefficient (Wildman–Crippen LogP) is -14.6. The molecule has 0 spiro atoms. The Kier molecular flexibility index (Phi) is 23.3. The lowest BCUT2D eigenvalue weighted by Gasteiger charge is -2.50. The number of ether oxygens (including phenoxy) is 14. The van der Waals surface area contributed by atoms with E-state index in [0.717, 1.165) is 7.11 Å². The van der Waals surface area contributed by atoms with Gasteiger partial charge in [0.2, 0.25) is 0 Å². The predicted molar refractivity (Wildman–Crippen MR) is 240 cm³/mol. The first kappa shape index (κ1) is 65.1. The average Bonchev–Trinajstić information content (AvgIpc) is 3.51. The molecule has 21 N–H and O–H groups in total. The first-order chi connectivity index (χ1) is 37.5. The Morgan fingerprint density at radius 1 is 0.266 bits per heavy atom. The van der Waals surface area contributed by atoms with Gasteiger partial charge in [0.05, 0.1) is 52.4 Å². The van der Waals surface area contributed by atoms with E-state index >= 15 is 0 Å². The molecule has 7 heterocycles. The van der Waals surface area contributed by atoms with Gasteiger partial charge in [-0.3, -0.25) is 0 Å². The van der Waals surface area contributed by atoms with Crippen molar-refractivity contribution in [2.24, 2.45) is 0 Å². The zero-order valence-corrected chi connectivity index (χ0v) is 42.3. The van der Waals surface area contributed by atoms with E-state index in [4.69, 9.17) is 66.3 Å². The van der Waals surface area contributed by atoms with Crippen molar-refractivity contribution in [1.29, 1.82) is 0 Å². The summed E-state index contributed by atoms with van der Waals surface area (Å²) in [6, 6.07) is 0. The number of methoxy groups -OCH3 is 1. The topological polar surface area (TPSA) is 554 Å². The van der Waals surface area contributed by atoms with Crippen LogP contribution in [0.1, 0.15) is 6.92 Å². The van der Waals surface area contributed by atoms with Crippen molar-refractivity contribution in [3.05, 3.63) is 0 Å². The van der Waals surface area contributed by atoms with Crippen LogP contribution in [0.2, 0.25) is 0 Å². The monoisotopic (exact) mass is 1160 g/mol. The maximum absolute atomic E-state index is 11.9. The lowest BCUT2D eigenvalue weighted by atomic mass is 9.94. The van der Waals surface area contributed by atoms with E-state index in [9.17, 15) is 107 Å². The molecule has 0 aliphatic carbocycles. The van der Waals surface area contributed by atoms with E-state index < -0.39 is 261 Å². The van der Waals surface area contributed by atoms with Crippen LogP contribution in [0.3, 0.4) is 0 Å². The van der Waals surface area contributed by atoms with Crippen LogP contribution in [-0.4, -0.2) is 375 Å². The summed E-state index contributed by atoms with van der Waals surface area (Å²) in [6.07, 6.45) is -65.7. The highest BCUT2D eigenvalue weighted by atomic mass is 16.8. The smallest absolute Gasteiger partial charge is 0.187 e. The van der Waals surface area contributed by atoms with Crippen LogP contribution in [0.5, 0.6) is 0 Å². The number of hydrogen-bond acceptors (Lipinski definition) is 35. The normalized spacial score (nSPS) is 53.0. The summed E-state index contributed by atoms with van der Waals surface area (Å²) in [6.45, 7) is -4.88. The quantitative estimate of drug-likeness (QED) is 0.0538. The minimum Gasteiger partial charge on any atom is -0.394 e. The molecule has 35 nitrogen and oxygen atoms in total. The second-order valence-electron chi connectivity index (χ2n) is 20.2. The lowest BCUT2D eigenvalue weighted by molar-refractivity contribution is -0.397. The highest BCUT2D eigenvalue weighted by molar-refractivity contribution is 5.01. The van der Waals surface area contributed by atoms with Gasteiger partial charge in [0.1, 0.15) is 171 Å². The lowest BCUT2D eigenvalue weighted by Crippen LogP contribution is -2.68. The van der Waals surface area contributed by atoms with Gasteiger partial charge in [-0.15, -0.1) is 0 Å². The molecule has 7 rings (SSSR count). The summed E-state index contributed by atoms with van der Waals surface area (Å²) in [4.78, 5) is 0. The van der Waals surface area contributed by atoms with E-state index in [-0.39, 0.29) is 0 Å². The van der Waals surface area contributed by atoms with Crippen LogP contribution >= 0.6 is 0 Å². The number of hydrogen-bond donors (Lipinski definition) is 21. The summed E-state index contributed by atoms with van der Waals surface area (Å²) in [5.74, 6) is 0. The molecule has 0 aromatic rings. The van der Waals surface area contributed by atoms with E-state index in [1.807, 2.05) is 0 Å². The van der Waals surface area contributed by atoms with Crippen molar-refractivity contribution >= 4 is 0 Å². The largest absolute Gasteiger partial charge is 0.394 e. The summed E-state index contributed by atoms with van der Waals surface area (Å²) in [5, 5.41) is 227. The standard InChI is InChI=1S/C44H76O35/c1-10-18(50)35(22(54)13(5-47)69-10)76-43-32(64)38(25(57)16(74-43)8-67-39-28(60)26(58)19(51)11(3-45)70-39)79-42-31(63)36(23(55)15(7-49)73-42)77-44-33(65)37(78-41-30(62)34(66-2)21(53)14(6-48)72-41)24(56)17(75-44)9-68-40-29(61)27(59)20(52)12(4-46)71-40/h10-65H,3-9H2,1-2H3/t10-,11?,12?,13?,14?,15?,16?,17?,18?,19-,20-,21-,22-,23-,24-,25-,26-,27-,28?,29?,30?,31?,32?,33?,34-,35+,36-,37-,38-,39+,40+,41-,42-,43-,44-/m0/s1. The summed E-state index contributed by atoms with van der Waals surface area (Å²) in [7, 11) is 1.10. The SMILES string of the molecule is CO[C@@H]1C(O)[C@H](O[C@@H]2C(O)[C@H](O[C@@H]3C(O)[C@H](O[C@@H]4C(O)[C@H](O[C@@H]5C(O)[C@H](C)OC(CO)[C@@H]5O)OC(CO[C@@H]5OC(CO)[C@H](O)[C@H](O)C5O)[C@@H]4O)OC(CO)[C@@H]3O)OC(CO[C@@H]3OC(CO)[C@H](O)[C@H](O)C3O)[C@@H]2O)OC(CO)[C@@H]1O.